The van der Waals surface area contributed by atoms with Crippen LogP contribution in [0.25, 0.3) is 0 Å². The number of hydrazine groups is 1. The minimum atomic E-state index is -3.94. The van der Waals surface area contributed by atoms with Crippen LogP contribution < -0.4 is 16.0 Å². The molecule has 1 aromatic carbocycles. The van der Waals surface area contributed by atoms with Crippen molar-refractivity contribution in [2.75, 3.05) is 12.0 Å². The maximum absolute atomic E-state index is 12.2. The number of nitrogens with one attached hydrogen (secondary N) is 2. The summed E-state index contributed by atoms with van der Waals surface area (Å²) in [4.78, 5) is 9.97. The van der Waals surface area contributed by atoms with E-state index in [1.54, 1.807) is 0 Å². The molecule has 2 rings (SSSR count). The van der Waals surface area contributed by atoms with Crippen LogP contribution in [0.15, 0.2) is 23.1 Å². The Morgan fingerprint density at radius 3 is 2.62 bits per heavy atom. The first kappa shape index (κ1) is 15.7. The van der Waals surface area contributed by atoms with Gasteiger partial charge in [-0.15, -0.1) is 0 Å². The van der Waals surface area contributed by atoms with E-state index in [2.05, 4.69) is 10.1 Å². The van der Waals surface area contributed by atoms with Crippen molar-refractivity contribution in [1.82, 2.24) is 4.72 Å². The van der Waals surface area contributed by atoms with E-state index in [0.29, 0.717) is 5.92 Å². The zero-order valence-electron chi connectivity index (χ0n) is 11.4. The molecule has 4 N–H and O–H groups in total. The lowest BCUT2D eigenvalue weighted by Gasteiger charge is -2.25. The standard InChI is InChI=1S/C12H18N4O4S/c13-15-10-5-2-6-11(12(10)16(17)18)21(19,20)14-8-7-9-3-1-4-9/h2,5-6,9,14-15H,1,3-4,7-8,13H2. The summed E-state index contributed by atoms with van der Waals surface area (Å²) in [5.41, 5.74) is 1.56. The predicted octanol–water partition coefficient (Wildman–Crippen LogP) is 1.35. The number of nitro groups is 1. The summed E-state index contributed by atoms with van der Waals surface area (Å²) in [6, 6.07) is 3.96. The summed E-state index contributed by atoms with van der Waals surface area (Å²) >= 11 is 0. The number of para-hydroxylation sites is 1. The Kier molecular flexibility index (Phi) is 4.76. The Morgan fingerprint density at radius 2 is 2.10 bits per heavy atom. The summed E-state index contributed by atoms with van der Waals surface area (Å²) in [7, 11) is -3.94. The van der Waals surface area contributed by atoms with Crippen molar-refractivity contribution in [1.29, 1.82) is 0 Å². The van der Waals surface area contributed by atoms with Crippen LogP contribution in [0.3, 0.4) is 0 Å². The average Bonchev–Trinajstić information content (AvgIpc) is 2.40. The fourth-order valence-electron chi connectivity index (χ4n) is 2.30. The number of nitro benzene ring substituents is 1. The van der Waals surface area contributed by atoms with Gasteiger partial charge in [0.2, 0.25) is 10.0 Å². The third kappa shape index (κ3) is 3.49. The molecule has 8 nitrogen and oxygen atoms in total. The molecule has 0 radical (unpaired) electrons. The van der Waals surface area contributed by atoms with Gasteiger partial charge in [0.25, 0.3) is 0 Å². The van der Waals surface area contributed by atoms with Gasteiger partial charge in [-0.2, -0.15) is 0 Å². The number of rotatable bonds is 7. The minimum Gasteiger partial charge on any atom is -0.318 e. The molecule has 0 aliphatic heterocycles. The number of hydrogen-bond donors (Lipinski definition) is 3. The van der Waals surface area contributed by atoms with Crippen LogP contribution in [-0.4, -0.2) is 19.9 Å². The summed E-state index contributed by atoms with van der Waals surface area (Å²) in [6.45, 7) is 0.282. The molecule has 0 bridgehead atoms. The van der Waals surface area contributed by atoms with Crippen LogP contribution in [0.5, 0.6) is 0 Å². The number of anilines is 1. The van der Waals surface area contributed by atoms with Crippen LogP contribution in [0.2, 0.25) is 0 Å². The van der Waals surface area contributed by atoms with Crippen molar-refractivity contribution in [3.63, 3.8) is 0 Å². The van der Waals surface area contributed by atoms with Crippen molar-refractivity contribution in [2.24, 2.45) is 11.8 Å². The zero-order valence-corrected chi connectivity index (χ0v) is 12.2. The van der Waals surface area contributed by atoms with Gasteiger partial charge in [-0.1, -0.05) is 25.3 Å². The molecule has 1 aliphatic rings. The molecule has 1 saturated carbocycles. The second-order valence-corrected chi connectivity index (χ2v) is 6.77. The second kappa shape index (κ2) is 6.37. The molecule has 1 fully saturated rings. The van der Waals surface area contributed by atoms with Gasteiger partial charge in [-0.3, -0.25) is 16.0 Å². The Morgan fingerprint density at radius 1 is 1.38 bits per heavy atom. The van der Waals surface area contributed by atoms with Crippen molar-refractivity contribution >= 4 is 21.4 Å². The number of nitrogens with two attached hydrogens (primary N) is 1. The monoisotopic (exact) mass is 314 g/mol. The maximum Gasteiger partial charge on any atom is 0.313 e. The number of nitrogens with zero attached hydrogens (tertiary/aromatic N) is 1. The highest BCUT2D eigenvalue weighted by Crippen LogP contribution is 2.32. The molecule has 0 spiro atoms. The third-order valence-corrected chi connectivity index (χ3v) is 5.19. The van der Waals surface area contributed by atoms with Crippen LogP contribution in [-0.2, 0) is 10.0 Å². The van der Waals surface area contributed by atoms with Crippen molar-refractivity contribution in [3.05, 3.63) is 28.3 Å². The van der Waals surface area contributed by atoms with E-state index >= 15 is 0 Å². The summed E-state index contributed by atoms with van der Waals surface area (Å²) in [5.74, 6) is 5.75. The van der Waals surface area contributed by atoms with Crippen LogP contribution in [0, 0.1) is 16.0 Å². The van der Waals surface area contributed by atoms with Gasteiger partial charge in [-0.25, -0.2) is 13.1 Å². The van der Waals surface area contributed by atoms with Gasteiger partial charge in [0.15, 0.2) is 4.90 Å². The summed E-state index contributed by atoms with van der Waals surface area (Å²) < 4.78 is 26.9. The molecule has 0 atom stereocenters. The van der Waals surface area contributed by atoms with Crippen LogP contribution in [0.4, 0.5) is 11.4 Å². The molecule has 0 amide bonds. The van der Waals surface area contributed by atoms with Gasteiger partial charge < -0.3 is 5.43 Å². The van der Waals surface area contributed by atoms with Gasteiger partial charge in [0.05, 0.1) is 4.92 Å². The first-order valence-corrected chi connectivity index (χ1v) is 8.17. The predicted molar refractivity (Wildman–Crippen MR) is 78.1 cm³/mol. The highest BCUT2D eigenvalue weighted by molar-refractivity contribution is 7.89. The third-order valence-electron chi connectivity index (χ3n) is 3.70. The molecular formula is C12H18N4O4S. The topological polar surface area (TPSA) is 127 Å². The lowest BCUT2D eigenvalue weighted by Crippen LogP contribution is -2.28. The lowest BCUT2D eigenvalue weighted by atomic mass is 9.83. The number of benzene rings is 1. The molecule has 0 unspecified atom stereocenters. The Hall–Kier alpha value is -1.71. The molecule has 0 aromatic heterocycles. The second-order valence-electron chi connectivity index (χ2n) is 5.04. The molecule has 9 heteroatoms. The fourth-order valence-corrected chi connectivity index (χ4v) is 3.54. The van der Waals surface area contributed by atoms with E-state index in [4.69, 9.17) is 5.84 Å². The average molecular weight is 314 g/mol. The van der Waals surface area contributed by atoms with E-state index in [9.17, 15) is 18.5 Å². The summed E-state index contributed by atoms with van der Waals surface area (Å²) in [5, 5.41) is 11.1. The number of hydrogen-bond acceptors (Lipinski definition) is 6. The lowest BCUT2D eigenvalue weighted by molar-refractivity contribution is -0.386. The first-order valence-electron chi connectivity index (χ1n) is 6.69. The minimum absolute atomic E-state index is 0.0399. The Balaban J connectivity index is 2.20. The number of nitrogen functional groups attached to an aromatic ring is 1. The van der Waals surface area contributed by atoms with E-state index < -0.39 is 20.6 Å². The quantitative estimate of drug-likeness (QED) is 0.396. The van der Waals surface area contributed by atoms with Crippen LogP contribution >= 0.6 is 0 Å². The highest BCUT2D eigenvalue weighted by Gasteiger charge is 2.29. The molecule has 1 aliphatic carbocycles. The van der Waals surface area contributed by atoms with Gasteiger partial charge >= 0.3 is 5.69 Å². The molecule has 0 saturated heterocycles. The van der Waals surface area contributed by atoms with Crippen LogP contribution in [0.1, 0.15) is 25.7 Å². The zero-order chi connectivity index (χ0) is 15.5. The number of sulfonamides is 1. The Bertz CT molecular complexity index is 628. The van der Waals surface area contributed by atoms with Crippen molar-refractivity contribution < 1.29 is 13.3 Å². The highest BCUT2D eigenvalue weighted by atomic mass is 32.2. The van der Waals surface area contributed by atoms with Crippen molar-refractivity contribution in [3.8, 4) is 0 Å². The molecular weight excluding hydrogens is 296 g/mol. The fraction of sp³-hybridized carbons (Fsp3) is 0.500. The van der Waals surface area contributed by atoms with Crippen molar-refractivity contribution in [2.45, 2.75) is 30.6 Å². The maximum atomic E-state index is 12.2. The smallest absolute Gasteiger partial charge is 0.313 e. The van der Waals surface area contributed by atoms with E-state index in [1.807, 2.05) is 0 Å². The molecule has 116 valence electrons. The molecule has 21 heavy (non-hydrogen) atoms. The van der Waals surface area contributed by atoms with Gasteiger partial charge in [0.1, 0.15) is 5.69 Å². The van der Waals surface area contributed by atoms with E-state index in [-0.39, 0.29) is 17.1 Å². The molecule has 0 heterocycles. The first-order chi connectivity index (χ1) is 9.95. The SMILES string of the molecule is NNc1cccc(S(=O)(=O)NCCC2CCC2)c1[N+](=O)[O-]. The van der Waals surface area contributed by atoms with Gasteiger partial charge in [-0.05, 0) is 24.5 Å². The van der Waals surface area contributed by atoms with Gasteiger partial charge in [0, 0.05) is 6.54 Å². The largest absolute Gasteiger partial charge is 0.318 e. The van der Waals surface area contributed by atoms with E-state index in [0.717, 1.165) is 19.3 Å². The summed E-state index contributed by atoms with van der Waals surface area (Å²) in [6.07, 6.45) is 4.18. The Labute approximate surface area is 122 Å². The molecule has 1 aromatic rings. The van der Waals surface area contributed by atoms with E-state index in [1.165, 1.54) is 24.6 Å². The normalized spacial score (nSPS) is 15.5.